The van der Waals surface area contributed by atoms with Gasteiger partial charge in [-0.3, -0.25) is 9.59 Å². The van der Waals surface area contributed by atoms with Crippen molar-refractivity contribution in [1.82, 2.24) is 40.4 Å². The number of fused-ring (bicyclic) bond motifs is 1. The first kappa shape index (κ1) is 37.1. The minimum atomic E-state index is -0.650. The Bertz CT molecular complexity index is 2000. The molecule has 0 aliphatic rings. The third kappa shape index (κ3) is 9.53. The zero-order chi connectivity index (χ0) is 37.0. The number of benzene rings is 3. The van der Waals surface area contributed by atoms with E-state index in [-0.39, 0.29) is 24.9 Å². The SMILES string of the molecule is CCCN(Cc1ncc(-c2ccc(-c3ccc4cc(-c5cnc(CN(CCC)C(=O)CNC(=O)OC)[nH]5)ccc4c3)cc2)[nH]1)C(=O)CNC(=O)OC. The number of imidazole rings is 2. The topological polar surface area (TPSA) is 175 Å². The van der Waals surface area contributed by atoms with Gasteiger partial charge in [0, 0.05) is 18.7 Å². The van der Waals surface area contributed by atoms with E-state index in [1.807, 2.05) is 32.0 Å². The van der Waals surface area contributed by atoms with Crippen molar-refractivity contribution in [3.63, 3.8) is 0 Å². The normalized spacial score (nSPS) is 10.8. The molecular formula is C38H44N8O6. The predicted octanol–water partition coefficient (Wildman–Crippen LogP) is 5.48. The molecule has 4 amide bonds. The molecule has 0 aliphatic heterocycles. The van der Waals surface area contributed by atoms with E-state index in [0.29, 0.717) is 37.8 Å². The van der Waals surface area contributed by atoms with E-state index in [2.05, 4.69) is 82.5 Å². The molecule has 0 unspecified atom stereocenters. The van der Waals surface area contributed by atoms with Crippen LogP contribution in [0.15, 0.2) is 73.1 Å². The molecule has 4 N–H and O–H groups in total. The second kappa shape index (κ2) is 17.7. The van der Waals surface area contributed by atoms with Crippen LogP contribution in [0.5, 0.6) is 0 Å². The molecule has 5 aromatic rings. The first-order chi connectivity index (χ1) is 25.2. The lowest BCUT2D eigenvalue weighted by atomic mass is 9.98. The molecule has 0 fully saturated rings. The third-order valence-electron chi connectivity index (χ3n) is 8.45. The minimum Gasteiger partial charge on any atom is -0.453 e. The number of aromatic amines is 2. The van der Waals surface area contributed by atoms with Gasteiger partial charge in [-0.15, -0.1) is 0 Å². The van der Waals surface area contributed by atoms with Gasteiger partial charge in [0.2, 0.25) is 11.8 Å². The van der Waals surface area contributed by atoms with E-state index >= 15 is 0 Å². The first-order valence-corrected chi connectivity index (χ1v) is 17.1. The third-order valence-corrected chi connectivity index (χ3v) is 8.45. The predicted molar refractivity (Wildman–Crippen MR) is 197 cm³/mol. The van der Waals surface area contributed by atoms with Crippen molar-refractivity contribution in [2.24, 2.45) is 0 Å². The lowest BCUT2D eigenvalue weighted by Gasteiger charge is -2.21. The van der Waals surface area contributed by atoms with Crippen LogP contribution in [0, 0.1) is 0 Å². The van der Waals surface area contributed by atoms with Gasteiger partial charge in [0.15, 0.2) is 0 Å². The number of carbonyl (C=O) groups is 4. The molecule has 0 saturated heterocycles. The van der Waals surface area contributed by atoms with Crippen molar-refractivity contribution in [3.05, 3.63) is 84.7 Å². The molecule has 14 nitrogen and oxygen atoms in total. The fourth-order valence-corrected chi connectivity index (χ4v) is 5.76. The highest BCUT2D eigenvalue weighted by atomic mass is 16.5. The molecule has 0 saturated carbocycles. The molecule has 272 valence electrons. The average molecular weight is 709 g/mol. The number of amides is 4. The number of aromatic nitrogens is 4. The van der Waals surface area contributed by atoms with Crippen molar-refractivity contribution in [3.8, 4) is 33.6 Å². The number of hydrogen-bond donors (Lipinski definition) is 4. The fourth-order valence-electron chi connectivity index (χ4n) is 5.76. The van der Waals surface area contributed by atoms with Crippen LogP contribution in [0.4, 0.5) is 9.59 Å². The van der Waals surface area contributed by atoms with Crippen LogP contribution in [0.25, 0.3) is 44.4 Å². The fraction of sp³-hybridized carbons (Fsp3) is 0.316. The number of hydrogen-bond acceptors (Lipinski definition) is 8. The van der Waals surface area contributed by atoms with E-state index < -0.39 is 12.2 Å². The Hall–Kier alpha value is -6.18. The number of nitrogens with one attached hydrogen (secondary N) is 4. The number of ether oxygens (including phenoxy) is 2. The quantitative estimate of drug-likeness (QED) is 0.111. The second-order valence-electron chi connectivity index (χ2n) is 12.2. The summed E-state index contributed by atoms with van der Waals surface area (Å²) in [7, 11) is 2.51. The lowest BCUT2D eigenvalue weighted by molar-refractivity contribution is -0.131. The number of carbonyl (C=O) groups excluding carboxylic acids is 4. The maximum atomic E-state index is 12.7. The van der Waals surface area contributed by atoms with Crippen molar-refractivity contribution in [2.75, 3.05) is 40.4 Å². The van der Waals surface area contributed by atoms with E-state index in [1.54, 1.807) is 22.2 Å². The monoisotopic (exact) mass is 708 g/mol. The van der Waals surface area contributed by atoms with Crippen LogP contribution >= 0.6 is 0 Å². The highest BCUT2D eigenvalue weighted by Gasteiger charge is 2.18. The van der Waals surface area contributed by atoms with Gasteiger partial charge in [-0.05, 0) is 52.4 Å². The highest BCUT2D eigenvalue weighted by molar-refractivity contribution is 5.90. The molecule has 3 aromatic carbocycles. The Morgan fingerprint density at radius 1 is 0.615 bits per heavy atom. The summed E-state index contributed by atoms with van der Waals surface area (Å²) in [5, 5.41) is 7.04. The van der Waals surface area contributed by atoms with Crippen molar-refractivity contribution in [2.45, 2.75) is 39.8 Å². The molecule has 14 heteroatoms. The molecule has 0 spiro atoms. The summed E-state index contributed by atoms with van der Waals surface area (Å²) in [4.78, 5) is 67.1. The molecular weight excluding hydrogens is 664 g/mol. The zero-order valence-electron chi connectivity index (χ0n) is 29.8. The van der Waals surface area contributed by atoms with Gasteiger partial charge in [-0.1, -0.05) is 62.4 Å². The van der Waals surface area contributed by atoms with Crippen LogP contribution in [0.2, 0.25) is 0 Å². The Morgan fingerprint density at radius 2 is 1.04 bits per heavy atom. The summed E-state index contributed by atoms with van der Waals surface area (Å²) < 4.78 is 9.12. The zero-order valence-corrected chi connectivity index (χ0v) is 29.8. The Balaban J connectivity index is 1.23. The van der Waals surface area contributed by atoms with Gasteiger partial charge in [0.05, 0.1) is 51.1 Å². The van der Waals surface area contributed by atoms with Crippen LogP contribution in [0.3, 0.4) is 0 Å². The maximum absolute atomic E-state index is 12.7. The summed E-state index contributed by atoms with van der Waals surface area (Å²) in [6, 6.07) is 20.8. The molecule has 5 rings (SSSR count). The summed E-state index contributed by atoms with van der Waals surface area (Å²) in [6.07, 6.45) is 3.76. The van der Waals surface area contributed by atoms with Gasteiger partial charge in [-0.2, -0.15) is 0 Å². The van der Waals surface area contributed by atoms with Crippen LogP contribution in [-0.2, 0) is 32.2 Å². The molecule has 0 aliphatic carbocycles. The van der Waals surface area contributed by atoms with Crippen molar-refractivity contribution >= 4 is 34.8 Å². The first-order valence-electron chi connectivity index (χ1n) is 17.1. The van der Waals surface area contributed by atoms with Crippen molar-refractivity contribution < 1.29 is 28.7 Å². The summed E-state index contributed by atoms with van der Waals surface area (Å²) in [6.45, 7) is 5.33. The lowest BCUT2D eigenvalue weighted by Crippen LogP contribution is -2.40. The number of rotatable bonds is 15. The summed E-state index contributed by atoms with van der Waals surface area (Å²) >= 11 is 0. The van der Waals surface area contributed by atoms with E-state index in [0.717, 1.165) is 57.3 Å². The number of methoxy groups -OCH3 is 2. The van der Waals surface area contributed by atoms with Crippen molar-refractivity contribution in [1.29, 1.82) is 0 Å². The van der Waals surface area contributed by atoms with Crippen LogP contribution in [0.1, 0.15) is 38.3 Å². The summed E-state index contributed by atoms with van der Waals surface area (Å²) in [5.41, 5.74) is 5.77. The van der Waals surface area contributed by atoms with Gasteiger partial charge in [-0.25, -0.2) is 19.6 Å². The van der Waals surface area contributed by atoms with Gasteiger partial charge in [0.25, 0.3) is 0 Å². The molecule has 0 atom stereocenters. The van der Waals surface area contributed by atoms with E-state index in [1.165, 1.54) is 14.2 Å². The van der Waals surface area contributed by atoms with Gasteiger partial charge in [0.1, 0.15) is 24.7 Å². The smallest absolute Gasteiger partial charge is 0.407 e. The summed E-state index contributed by atoms with van der Waals surface area (Å²) in [5.74, 6) is 0.866. The minimum absolute atomic E-state index is 0.147. The standard InChI is InChI=1S/C38H44N8O6/c1-5-15-45(35(47)21-41-37(49)51-3)23-33-39-19-31(43-33)26-9-7-25(8-10-26)27-11-12-29-18-30(14-13-28(29)17-27)32-20-40-34(44-32)24-46(16-6-2)36(48)22-42-38(50)52-4/h7-14,17-20H,5-6,15-16,21-24H2,1-4H3,(H,39,43)(H,40,44)(H,41,49)(H,42,50). The largest absolute Gasteiger partial charge is 0.453 e. The van der Waals surface area contributed by atoms with Crippen LogP contribution < -0.4 is 10.6 Å². The molecule has 0 bridgehead atoms. The molecule has 2 aromatic heterocycles. The Kier molecular flexibility index (Phi) is 12.6. The molecule has 0 radical (unpaired) electrons. The maximum Gasteiger partial charge on any atom is 0.407 e. The molecule has 2 heterocycles. The highest BCUT2D eigenvalue weighted by Crippen LogP contribution is 2.29. The Morgan fingerprint density at radius 3 is 1.52 bits per heavy atom. The molecule has 52 heavy (non-hydrogen) atoms. The second-order valence-corrected chi connectivity index (χ2v) is 12.2. The average Bonchev–Trinajstić information content (AvgIpc) is 3.85. The van der Waals surface area contributed by atoms with Gasteiger partial charge < -0.3 is 39.9 Å². The number of H-pyrrole nitrogens is 2. The van der Waals surface area contributed by atoms with E-state index in [9.17, 15) is 19.2 Å². The van der Waals surface area contributed by atoms with Crippen LogP contribution in [-0.4, -0.2) is 94.1 Å². The number of alkyl carbamates (subject to hydrolysis) is 2. The number of nitrogens with zero attached hydrogens (tertiary/aromatic N) is 4. The van der Waals surface area contributed by atoms with E-state index in [4.69, 9.17) is 0 Å². The Labute approximate surface area is 301 Å². The van der Waals surface area contributed by atoms with Gasteiger partial charge >= 0.3 is 12.2 Å².